The number of fused-ring (bicyclic) bond motifs is 1. The van der Waals surface area contributed by atoms with Crippen molar-refractivity contribution in [3.8, 4) is 0 Å². The molecule has 0 aliphatic rings. The standard InChI is InChI=1S/C20H27N3O4/c1-6-16(15-11-10-14-9-8-12-21-18(14)22-15)23(13-17(24)26-7-2)19(25)27-20(3,4)5/h8-12,16H,6-7,13H2,1-5H3. The molecule has 7 nitrogen and oxygen atoms in total. The van der Waals surface area contributed by atoms with Gasteiger partial charge in [-0.25, -0.2) is 14.8 Å². The van der Waals surface area contributed by atoms with Gasteiger partial charge in [0.1, 0.15) is 12.1 Å². The maximum atomic E-state index is 12.8. The second-order valence-electron chi connectivity index (χ2n) is 7.12. The van der Waals surface area contributed by atoms with Gasteiger partial charge >= 0.3 is 12.1 Å². The van der Waals surface area contributed by atoms with Crippen LogP contribution >= 0.6 is 0 Å². The summed E-state index contributed by atoms with van der Waals surface area (Å²) in [5, 5.41) is 0.908. The number of amides is 1. The average Bonchev–Trinajstić information content (AvgIpc) is 2.60. The summed E-state index contributed by atoms with van der Waals surface area (Å²) in [7, 11) is 0. The maximum absolute atomic E-state index is 12.8. The van der Waals surface area contributed by atoms with Crippen molar-refractivity contribution in [2.45, 2.75) is 52.7 Å². The van der Waals surface area contributed by atoms with Gasteiger partial charge in [-0.1, -0.05) is 6.92 Å². The number of esters is 1. The third-order valence-corrected chi connectivity index (χ3v) is 3.82. The molecule has 7 heteroatoms. The van der Waals surface area contributed by atoms with Gasteiger partial charge in [0.15, 0.2) is 5.65 Å². The van der Waals surface area contributed by atoms with Crippen LogP contribution in [-0.4, -0.2) is 45.7 Å². The van der Waals surface area contributed by atoms with Crippen LogP contribution in [0.1, 0.15) is 52.8 Å². The highest BCUT2D eigenvalue weighted by Crippen LogP contribution is 2.26. The predicted octanol–water partition coefficient (Wildman–Crippen LogP) is 3.88. The van der Waals surface area contributed by atoms with Gasteiger partial charge < -0.3 is 9.47 Å². The molecule has 27 heavy (non-hydrogen) atoms. The molecule has 2 aromatic heterocycles. The van der Waals surface area contributed by atoms with E-state index in [4.69, 9.17) is 9.47 Å². The molecule has 1 unspecified atom stereocenters. The summed E-state index contributed by atoms with van der Waals surface area (Å²) in [6.07, 6.45) is 1.65. The van der Waals surface area contributed by atoms with Crippen molar-refractivity contribution in [2.24, 2.45) is 0 Å². The SMILES string of the molecule is CCOC(=O)CN(C(=O)OC(C)(C)C)C(CC)c1ccc2cccnc2n1. The van der Waals surface area contributed by atoms with Gasteiger partial charge in [0.05, 0.1) is 18.3 Å². The summed E-state index contributed by atoms with van der Waals surface area (Å²) in [5.41, 5.74) is 0.563. The molecular formula is C20H27N3O4. The smallest absolute Gasteiger partial charge is 0.411 e. The van der Waals surface area contributed by atoms with Crippen LogP contribution in [0.2, 0.25) is 0 Å². The lowest BCUT2D eigenvalue weighted by Gasteiger charge is -2.32. The molecular weight excluding hydrogens is 346 g/mol. The fourth-order valence-electron chi connectivity index (χ4n) is 2.71. The molecule has 2 heterocycles. The Morgan fingerprint density at radius 2 is 1.93 bits per heavy atom. The van der Waals surface area contributed by atoms with Gasteiger partial charge in [-0.05, 0) is 58.4 Å². The van der Waals surface area contributed by atoms with Crippen LogP contribution in [0.15, 0.2) is 30.5 Å². The van der Waals surface area contributed by atoms with Crippen LogP contribution in [0.3, 0.4) is 0 Å². The Kier molecular flexibility index (Phi) is 6.71. The normalized spacial score (nSPS) is 12.5. The van der Waals surface area contributed by atoms with Crippen molar-refractivity contribution in [3.63, 3.8) is 0 Å². The molecule has 2 aromatic rings. The second kappa shape index (κ2) is 8.79. The van der Waals surface area contributed by atoms with Crippen LogP contribution in [-0.2, 0) is 14.3 Å². The Hall–Kier alpha value is -2.70. The predicted molar refractivity (Wildman–Crippen MR) is 102 cm³/mol. The first-order valence-electron chi connectivity index (χ1n) is 9.12. The Morgan fingerprint density at radius 1 is 1.19 bits per heavy atom. The number of rotatable bonds is 6. The van der Waals surface area contributed by atoms with Crippen LogP contribution in [0.5, 0.6) is 0 Å². The zero-order chi connectivity index (χ0) is 20.0. The molecule has 0 aliphatic heterocycles. The highest BCUT2D eigenvalue weighted by Gasteiger charge is 2.31. The highest BCUT2D eigenvalue weighted by molar-refractivity contribution is 5.79. The first-order chi connectivity index (χ1) is 12.7. The number of hydrogen-bond donors (Lipinski definition) is 0. The third kappa shape index (κ3) is 5.64. The number of ether oxygens (including phenoxy) is 2. The van der Waals surface area contributed by atoms with Gasteiger partial charge in [0, 0.05) is 11.6 Å². The largest absolute Gasteiger partial charge is 0.465 e. The number of carbonyl (C=O) groups excluding carboxylic acids is 2. The molecule has 0 saturated heterocycles. The van der Waals surface area contributed by atoms with Crippen molar-refractivity contribution >= 4 is 23.1 Å². The maximum Gasteiger partial charge on any atom is 0.411 e. The monoisotopic (exact) mass is 373 g/mol. The number of nitrogens with zero attached hydrogens (tertiary/aromatic N) is 3. The molecule has 0 radical (unpaired) electrons. The van der Waals surface area contributed by atoms with E-state index in [0.717, 1.165) is 5.39 Å². The van der Waals surface area contributed by atoms with E-state index < -0.39 is 23.7 Å². The lowest BCUT2D eigenvalue weighted by molar-refractivity contribution is -0.145. The fourth-order valence-corrected chi connectivity index (χ4v) is 2.71. The molecule has 1 atom stereocenters. The minimum absolute atomic E-state index is 0.205. The zero-order valence-corrected chi connectivity index (χ0v) is 16.6. The van der Waals surface area contributed by atoms with Gasteiger partial charge in [-0.3, -0.25) is 9.69 Å². The minimum Gasteiger partial charge on any atom is -0.465 e. The van der Waals surface area contributed by atoms with Crippen molar-refractivity contribution in [3.05, 3.63) is 36.2 Å². The van der Waals surface area contributed by atoms with E-state index in [9.17, 15) is 9.59 Å². The van der Waals surface area contributed by atoms with E-state index in [1.54, 1.807) is 33.9 Å². The fraction of sp³-hybridized carbons (Fsp3) is 0.500. The average molecular weight is 373 g/mol. The molecule has 0 bridgehead atoms. The summed E-state index contributed by atoms with van der Waals surface area (Å²) in [6.45, 7) is 9.05. The molecule has 0 N–H and O–H groups in total. The molecule has 2 rings (SSSR count). The molecule has 1 amide bonds. The summed E-state index contributed by atoms with van der Waals surface area (Å²) >= 11 is 0. The second-order valence-corrected chi connectivity index (χ2v) is 7.12. The van der Waals surface area contributed by atoms with Crippen LogP contribution in [0.25, 0.3) is 11.0 Å². The molecule has 146 valence electrons. The zero-order valence-electron chi connectivity index (χ0n) is 16.6. The lowest BCUT2D eigenvalue weighted by atomic mass is 10.1. The van der Waals surface area contributed by atoms with E-state index in [1.165, 1.54) is 4.90 Å². The van der Waals surface area contributed by atoms with Gasteiger partial charge in [0.25, 0.3) is 0 Å². The number of pyridine rings is 2. The van der Waals surface area contributed by atoms with Crippen LogP contribution in [0.4, 0.5) is 4.79 Å². The first-order valence-corrected chi connectivity index (χ1v) is 9.12. The van der Waals surface area contributed by atoms with Crippen LogP contribution in [0, 0.1) is 0 Å². The summed E-state index contributed by atoms with van der Waals surface area (Å²) < 4.78 is 10.5. The van der Waals surface area contributed by atoms with Crippen molar-refractivity contribution < 1.29 is 19.1 Å². The Bertz CT molecular complexity index is 801. The number of aromatic nitrogens is 2. The van der Waals surface area contributed by atoms with E-state index in [0.29, 0.717) is 17.8 Å². The van der Waals surface area contributed by atoms with E-state index in [1.807, 2.05) is 31.2 Å². The van der Waals surface area contributed by atoms with Gasteiger partial charge in [0.2, 0.25) is 0 Å². The Labute approximate surface area is 159 Å². The van der Waals surface area contributed by atoms with E-state index in [-0.39, 0.29) is 13.2 Å². The third-order valence-electron chi connectivity index (χ3n) is 3.82. The topological polar surface area (TPSA) is 81.6 Å². The number of carbonyl (C=O) groups is 2. The van der Waals surface area contributed by atoms with Crippen LogP contribution < -0.4 is 0 Å². The number of hydrogen-bond acceptors (Lipinski definition) is 6. The quantitative estimate of drug-likeness (QED) is 0.715. The van der Waals surface area contributed by atoms with E-state index in [2.05, 4.69) is 9.97 Å². The molecule has 0 spiro atoms. The van der Waals surface area contributed by atoms with Crippen molar-refractivity contribution in [1.82, 2.24) is 14.9 Å². The van der Waals surface area contributed by atoms with Crippen molar-refractivity contribution in [2.75, 3.05) is 13.2 Å². The van der Waals surface area contributed by atoms with E-state index >= 15 is 0 Å². The molecule has 0 aromatic carbocycles. The Morgan fingerprint density at radius 3 is 2.56 bits per heavy atom. The first kappa shape index (κ1) is 20.6. The summed E-state index contributed by atoms with van der Waals surface area (Å²) in [4.78, 5) is 35.1. The highest BCUT2D eigenvalue weighted by atomic mass is 16.6. The summed E-state index contributed by atoms with van der Waals surface area (Å²) in [6, 6.07) is 7.08. The van der Waals surface area contributed by atoms with Gasteiger partial charge in [-0.15, -0.1) is 0 Å². The molecule has 0 fully saturated rings. The van der Waals surface area contributed by atoms with Gasteiger partial charge in [-0.2, -0.15) is 0 Å². The molecule has 0 saturated carbocycles. The Balaban J connectivity index is 2.38. The minimum atomic E-state index is -0.680. The summed E-state index contributed by atoms with van der Waals surface area (Å²) in [5.74, 6) is -0.485. The molecule has 0 aliphatic carbocycles. The lowest BCUT2D eigenvalue weighted by Crippen LogP contribution is -2.42. The van der Waals surface area contributed by atoms with Crippen molar-refractivity contribution in [1.29, 1.82) is 0 Å².